The lowest BCUT2D eigenvalue weighted by Gasteiger charge is -2.21. The molecule has 5 nitrogen and oxygen atoms in total. The van der Waals surface area contributed by atoms with Crippen molar-refractivity contribution < 1.29 is 28.2 Å². The second-order valence-electron chi connectivity index (χ2n) is 5.56. The number of hydrogen-bond donors (Lipinski definition) is 2. The molecule has 0 heterocycles. The van der Waals surface area contributed by atoms with Crippen LogP contribution in [0.1, 0.15) is 18.1 Å². The predicted octanol–water partition coefficient (Wildman–Crippen LogP) is 2.03. The van der Waals surface area contributed by atoms with E-state index in [9.17, 15) is 23.5 Å². The van der Waals surface area contributed by atoms with Crippen LogP contribution in [-0.2, 0) is 26.5 Å². The topological polar surface area (TPSA) is 75.6 Å². The predicted molar refractivity (Wildman–Crippen MR) is 85.2 cm³/mol. The second-order valence-corrected chi connectivity index (χ2v) is 5.56. The molecule has 2 rings (SSSR count). The summed E-state index contributed by atoms with van der Waals surface area (Å²) in [5.41, 5.74) is -1.39. The van der Waals surface area contributed by atoms with Gasteiger partial charge in [-0.15, -0.1) is 0 Å². The minimum Gasteiger partial charge on any atom is -0.453 e. The average Bonchev–Trinajstić information content (AvgIpc) is 2.59. The molecular weight excluding hydrogens is 332 g/mol. The molecule has 1 unspecified atom stereocenters. The number of carbonyl (C=O) groups is 2. The Labute approximate surface area is 143 Å². The molecule has 2 aromatic carbocycles. The molecule has 0 radical (unpaired) electrons. The Bertz CT molecular complexity index is 760. The zero-order valence-electron chi connectivity index (χ0n) is 13.5. The molecule has 0 aliphatic rings. The fourth-order valence-electron chi connectivity index (χ4n) is 2.03. The maximum absolute atomic E-state index is 13.2. The van der Waals surface area contributed by atoms with Gasteiger partial charge in [0.25, 0.3) is 5.91 Å². The summed E-state index contributed by atoms with van der Waals surface area (Å²) in [6, 6.07) is 10.5. The number of ether oxygens (including phenoxy) is 1. The molecule has 1 amide bonds. The van der Waals surface area contributed by atoms with Crippen LogP contribution >= 0.6 is 0 Å². The summed E-state index contributed by atoms with van der Waals surface area (Å²) in [6.07, 6.45) is 0. The van der Waals surface area contributed by atoms with Crippen molar-refractivity contribution in [3.63, 3.8) is 0 Å². The molecule has 7 heteroatoms. The SMILES string of the molecule is CC(O)(C(=O)OCC(=O)NCc1ccc(F)cc1)c1cccc(F)c1. The highest BCUT2D eigenvalue weighted by Gasteiger charge is 2.34. The Morgan fingerprint density at radius 2 is 1.80 bits per heavy atom. The van der Waals surface area contributed by atoms with Gasteiger partial charge in [0, 0.05) is 6.54 Å². The average molecular weight is 349 g/mol. The molecule has 0 aromatic heterocycles. The van der Waals surface area contributed by atoms with Crippen LogP contribution in [0.2, 0.25) is 0 Å². The smallest absolute Gasteiger partial charge is 0.343 e. The van der Waals surface area contributed by atoms with Gasteiger partial charge in [0.05, 0.1) is 0 Å². The first-order chi connectivity index (χ1) is 11.8. The van der Waals surface area contributed by atoms with Crippen LogP contribution in [0, 0.1) is 11.6 Å². The molecular formula is C18H17F2NO4. The van der Waals surface area contributed by atoms with Crippen LogP contribution in [-0.4, -0.2) is 23.6 Å². The van der Waals surface area contributed by atoms with Gasteiger partial charge >= 0.3 is 5.97 Å². The van der Waals surface area contributed by atoms with E-state index in [2.05, 4.69) is 5.32 Å². The first-order valence-electron chi connectivity index (χ1n) is 7.46. The van der Waals surface area contributed by atoms with E-state index in [0.29, 0.717) is 5.56 Å². The third kappa shape index (κ3) is 5.09. The highest BCUT2D eigenvalue weighted by molar-refractivity contribution is 5.84. The molecule has 0 spiro atoms. The van der Waals surface area contributed by atoms with Crippen LogP contribution in [0.25, 0.3) is 0 Å². The van der Waals surface area contributed by atoms with E-state index in [1.807, 2.05) is 0 Å². The number of rotatable bonds is 6. The molecule has 0 fully saturated rings. The molecule has 0 saturated heterocycles. The number of benzene rings is 2. The molecule has 2 aromatic rings. The van der Waals surface area contributed by atoms with Gasteiger partial charge in [-0.25, -0.2) is 13.6 Å². The number of nitrogens with one attached hydrogen (secondary N) is 1. The van der Waals surface area contributed by atoms with E-state index in [-0.39, 0.29) is 17.9 Å². The maximum Gasteiger partial charge on any atom is 0.343 e. The summed E-state index contributed by atoms with van der Waals surface area (Å²) in [6.45, 7) is 0.684. The zero-order chi connectivity index (χ0) is 18.4. The summed E-state index contributed by atoms with van der Waals surface area (Å²) < 4.78 is 30.8. The first kappa shape index (κ1) is 18.5. The number of halogens is 2. The first-order valence-corrected chi connectivity index (χ1v) is 7.46. The molecule has 1 atom stereocenters. The van der Waals surface area contributed by atoms with Gasteiger partial charge in [0.1, 0.15) is 11.6 Å². The van der Waals surface area contributed by atoms with Crippen molar-refractivity contribution in [2.45, 2.75) is 19.1 Å². The number of amides is 1. The van der Waals surface area contributed by atoms with Crippen molar-refractivity contribution in [1.82, 2.24) is 5.32 Å². The highest BCUT2D eigenvalue weighted by Crippen LogP contribution is 2.22. The lowest BCUT2D eigenvalue weighted by molar-refractivity contribution is -0.167. The van der Waals surface area contributed by atoms with Crippen LogP contribution in [0.3, 0.4) is 0 Å². The Balaban J connectivity index is 1.86. The normalized spacial score (nSPS) is 13.0. The largest absolute Gasteiger partial charge is 0.453 e. The standard InChI is InChI=1S/C18H17F2NO4/c1-18(24,13-3-2-4-15(20)9-13)17(23)25-11-16(22)21-10-12-5-7-14(19)8-6-12/h2-9,24H,10-11H2,1H3,(H,21,22). The van der Waals surface area contributed by atoms with Gasteiger partial charge in [-0.1, -0.05) is 24.3 Å². The lowest BCUT2D eigenvalue weighted by Crippen LogP contribution is -2.37. The molecule has 2 N–H and O–H groups in total. The monoisotopic (exact) mass is 349 g/mol. The molecule has 25 heavy (non-hydrogen) atoms. The summed E-state index contributed by atoms with van der Waals surface area (Å²) in [5, 5.41) is 12.7. The lowest BCUT2D eigenvalue weighted by atomic mass is 9.96. The second kappa shape index (κ2) is 7.85. The fourth-order valence-corrected chi connectivity index (χ4v) is 2.03. The van der Waals surface area contributed by atoms with E-state index >= 15 is 0 Å². The van der Waals surface area contributed by atoms with Crippen LogP contribution in [0.5, 0.6) is 0 Å². The van der Waals surface area contributed by atoms with E-state index in [1.54, 1.807) is 0 Å². The van der Waals surface area contributed by atoms with E-state index in [4.69, 9.17) is 4.74 Å². The molecule has 0 aliphatic carbocycles. The molecule has 0 bridgehead atoms. The third-order valence-corrected chi connectivity index (χ3v) is 3.52. The summed E-state index contributed by atoms with van der Waals surface area (Å²) in [5.74, 6) is -2.66. The van der Waals surface area contributed by atoms with Crippen molar-refractivity contribution in [1.29, 1.82) is 0 Å². The summed E-state index contributed by atoms with van der Waals surface area (Å²) in [4.78, 5) is 23.7. The van der Waals surface area contributed by atoms with Gasteiger partial charge < -0.3 is 15.2 Å². The number of hydrogen-bond acceptors (Lipinski definition) is 4. The van der Waals surface area contributed by atoms with Crippen molar-refractivity contribution in [3.05, 3.63) is 71.3 Å². The molecule has 0 saturated carbocycles. The van der Waals surface area contributed by atoms with E-state index < -0.39 is 29.9 Å². The zero-order valence-corrected chi connectivity index (χ0v) is 13.5. The van der Waals surface area contributed by atoms with Crippen LogP contribution in [0.4, 0.5) is 8.78 Å². The Kier molecular flexibility index (Phi) is 5.82. The van der Waals surface area contributed by atoms with Crippen molar-refractivity contribution in [3.8, 4) is 0 Å². The molecule has 0 aliphatic heterocycles. The fraction of sp³-hybridized carbons (Fsp3) is 0.222. The van der Waals surface area contributed by atoms with Crippen molar-refractivity contribution in [2.24, 2.45) is 0 Å². The van der Waals surface area contributed by atoms with Gasteiger partial charge in [-0.2, -0.15) is 0 Å². The van der Waals surface area contributed by atoms with E-state index in [1.165, 1.54) is 42.5 Å². The van der Waals surface area contributed by atoms with Gasteiger partial charge in [-0.3, -0.25) is 4.79 Å². The van der Waals surface area contributed by atoms with Crippen LogP contribution in [0.15, 0.2) is 48.5 Å². The van der Waals surface area contributed by atoms with Crippen molar-refractivity contribution >= 4 is 11.9 Å². The number of esters is 1. The number of carbonyl (C=O) groups excluding carboxylic acids is 2. The maximum atomic E-state index is 13.2. The number of aliphatic hydroxyl groups is 1. The Morgan fingerprint density at radius 3 is 2.44 bits per heavy atom. The Hall–Kier alpha value is -2.80. The molecule has 132 valence electrons. The van der Waals surface area contributed by atoms with Gasteiger partial charge in [0.15, 0.2) is 12.2 Å². The highest BCUT2D eigenvalue weighted by atomic mass is 19.1. The third-order valence-electron chi connectivity index (χ3n) is 3.52. The summed E-state index contributed by atoms with van der Waals surface area (Å²) in [7, 11) is 0. The van der Waals surface area contributed by atoms with E-state index in [0.717, 1.165) is 13.0 Å². The van der Waals surface area contributed by atoms with Gasteiger partial charge in [-0.05, 0) is 42.3 Å². The van der Waals surface area contributed by atoms with Gasteiger partial charge in [0.2, 0.25) is 0 Å². The Morgan fingerprint density at radius 1 is 1.12 bits per heavy atom. The van der Waals surface area contributed by atoms with Crippen molar-refractivity contribution in [2.75, 3.05) is 6.61 Å². The quantitative estimate of drug-likeness (QED) is 0.783. The minimum atomic E-state index is -2.08. The van der Waals surface area contributed by atoms with Crippen LogP contribution < -0.4 is 5.32 Å². The minimum absolute atomic E-state index is 0.0178. The summed E-state index contributed by atoms with van der Waals surface area (Å²) >= 11 is 0.